The highest BCUT2D eigenvalue weighted by atomic mass is 32.2. The van der Waals surface area contributed by atoms with Crippen molar-refractivity contribution in [2.24, 2.45) is 0 Å². The Hall–Kier alpha value is -1.71. The SMILES string of the molecule is CS(=O)(=O)NCc1ccc(-c2nc([C@@H]3CCCCCN3)no2)o1. The van der Waals surface area contributed by atoms with E-state index in [9.17, 15) is 8.42 Å². The molecule has 1 atom stereocenters. The first kappa shape index (κ1) is 16.2. The normalized spacial score (nSPS) is 19.6. The van der Waals surface area contributed by atoms with E-state index in [1.54, 1.807) is 12.1 Å². The molecule has 126 valence electrons. The molecule has 0 aromatic carbocycles. The first-order chi connectivity index (χ1) is 11.0. The molecule has 0 bridgehead atoms. The van der Waals surface area contributed by atoms with Crippen molar-refractivity contribution in [1.82, 2.24) is 20.2 Å². The number of rotatable bonds is 5. The summed E-state index contributed by atoms with van der Waals surface area (Å²) in [6.07, 6.45) is 5.60. The van der Waals surface area contributed by atoms with E-state index in [-0.39, 0.29) is 12.6 Å². The highest BCUT2D eigenvalue weighted by Gasteiger charge is 2.21. The lowest BCUT2D eigenvalue weighted by Gasteiger charge is -2.09. The van der Waals surface area contributed by atoms with Crippen molar-refractivity contribution in [3.05, 3.63) is 23.7 Å². The van der Waals surface area contributed by atoms with Crippen LogP contribution in [0.3, 0.4) is 0 Å². The quantitative estimate of drug-likeness (QED) is 0.850. The van der Waals surface area contributed by atoms with Gasteiger partial charge in [-0.15, -0.1) is 0 Å². The molecule has 1 aliphatic heterocycles. The van der Waals surface area contributed by atoms with E-state index in [0.717, 1.165) is 32.1 Å². The molecule has 0 amide bonds. The predicted molar refractivity (Wildman–Crippen MR) is 82.9 cm³/mol. The van der Waals surface area contributed by atoms with E-state index in [1.807, 2.05) is 0 Å². The van der Waals surface area contributed by atoms with Crippen LogP contribution in [0.5, 0.6) is 0 Å². The summed E-state index contributed by atoms with van der Waals surface area (Å²) in [6, 6.07) is 3.48. The van der Waals surface area contributed by atoms with Gasteiger partial charge in [0.15, 0.2) is 11.6 Å². The number of furan rings is 1. The Labute approximate surface area is 134 Å². The maximum atomic E-state index is 11.1. The van der Waals surface area contributed by atoms with Gasteiger partial charge in [-0.25, -0.2) is 13.1 Å². The first-order valence-corrected chi connectivity index (χ1v) is 9.51. The molecule has 0 spiro atoms. The summed E-state index contributed by atoms with van der Waals surface area (Å²) in [7, 11) is -3.26. The molecule has 2 N–H and O–H groups in total. The summed E-state index contributed by atoms with van der Waals surface area (Å²) in [5, 5.41) is 7.44. The van der Waals surface area contributed by atoms with Crippen LogP contribution < -0.4 is 10.0 Å². The Morgan fingerprint density at radius 2 is 2.22 bits per heavy atom. The van der Waals surface area contributed by atoms with E-state index in [1.165, 1.54) is 6.42 Å². The molecule has 0 unspecified atom stereocenters. The molecule has 0 radical (unpaired) electrons. The summed E-state index contributed by atoms with van der Waals surface area (Å²) >= 11 is 0. The van der Waals surface area contributed by atoms with Gasteiger partial charge in [-0.1, -0.05) is 18.0 Å². The van der Waals surface area contributed by atoms with Crippen molar-refractivity contribution in [1.29, 1.82) is 0 Å². The van der Waals surface area contributed by atoms with Crippen LogP contribution in [-0.4, -0.2) is 31.4 Å². The topological polar surface area (TPSA) is 110 Å². The highest BCUT2D eigenvalue weighted by Crippen LogP contribution is 2.25. The first-order valence-electron chi connectivity index (χ1n) is 7.62. The van der Waals surface area contributed by atoms with Crippen molar-refractivity contribution in [3.63, 3.8) is 0 Å². The highest BCUT2D eigenvalue weighted by molar-refractivity contribution is 7.88. The van der Waals surface area contributed by atoms with Gasteiger partial charge in [0, 0.05) is 0 Å². The second-order valence-electron chi connectivity index (χ2n) is 5.67. The van der Waals surface area contributed by atoms with E-state index >= 15 is 0 Å². The fourth-order valence-corrected chi connectivity index (χ4v) is 2.92. The fourth-order valence-electron chi connectivity index (χ4n) is 2.52. The second kappa shape index (κ2) is 6.81. The van der Waals surface area contributed by atoms with Gasteiger partial charge in [-0.2, -0.15) is 4.98 Å². The zero-order valence-electron chi connectivity index (χ0n) is 12.9. The molecular weight excluding hydrogens is 320 g/mol. The molecular formula is C14H20N4O4S. The Bertz CT molecular complexity index is 744. The minimum Gasteiger partial charge on any atom is -0.455 e. The molecule has 1 fully saturated rings. The molecule has 3 rings (SSSR count). The standard InChI is InChI=1S/C14H20N4O4S/c1-23(19,20)16-9-10-6-7-12(21-10)14-17-13(18-22-14)11-5-3-2-4-8-15-11/h6-7,11,15-16H,2-5,8-9H2,1H3/t11-/m0/s1. The maximum Gasteiger partial charge on any atom is 0.293 e. The van der Waals surface area contributed by atoms with Crippen LogP contribution in [0.2, 0.25) is 0 Å². The van der Waals surface area contributed by atoms with Crippen LogP contribution in [-0.2, 0) is 16.6 Å². The minimum atomic E-state index is -3.26. The zero-order chi connectivity index (χ0) is 16.3. The van der Waals surface area contributed by atoms with Gasteiger partial charge in [0.1, 0.15) is 5.76 Å². The zero-order valence-corrected chi connectivity index (χ0v) is 13.7. The van der Waals surface area contributed by atoms with Crippen LogP contribution in [0, 0.1) is 0 Å². The summed E-state index contributed by atoms with van der Waals surface area (Å²) < 4.78 is 35.4. The van der Waals surface area contributed by atoms with Crippen molar-refractivity contribution >= 4 is 10.0 Å². The minimum absolute atomic E-state index is 0.0873. The number of aromatic nitrogens is 2. The average Bonchev–Trinajstić information content (AvgIpc) is 3.08. The van der Waals surface area contributed by atoms with Crippen molar-refractivity contribution in [2.75, 3.05) is 12.8 Å². The van der Waals surface area contributed by atoms with Crippen LogP contribution in [0.25, 0.3) is 11.7 Å². The Morgan fingerprint density at radius 1 is 1.35 bits per heavy atom. The van der Waals surface area contributed by atoms with Gasteiger partial charge in [0.2, 0.25) is 10.0 Å². The molecule has 2 aromatic heterocycles. The third-order valence-electron chi connectivity index (χ3n) is 3.69. The molecule has 0 aliphatic carbocycles. The van der Waals surface area contributed by atoms with Crippen molar-refractivity contribution < 1.29 is 17.4 Å². The number of nitrogens with one attached hydrogen (secondary N) is 2. The molecule has 9 heteroatoms. The third kappa shape index (κ3) is 4.40. The summed E-state index contributed by atoms with van der Waals surface area (Å²) in [6.45, 7) is 1.04. The van der Waals surface area contributed by atoms with Gasteiger partial charge < -0.3 is 14.3 Å². The second-order valence-corrected chi connectivity index (χ2v) is 7.51. The number of hydrogen-bond donors (Lipinski definition) is 2. The molecule has 23 heavy (non-hydrogen) atoms. The smallest absolute Gasteiger partial charge is 0.293 e. The van der Waals surface area contributed by atoms with Crippen LogP contribution in [0.1, 0.15) is 43.3 Å². The summed E-state index contributed by atoms with van der Waals surface area (Å²) in [5.74, 6) is 1.85. The third-order valence-corrected chi connectivity index (χ3v) is 4.36. The van der Waals surface area contributed by atoms with Gasteiger partial charge in [-0.05, 0) is 31.5 Å². The number of nitrogens with zero attached hydrogens (tertiary/aromatic N) is 2. The summed E-state index contributed by atoms with van der Waals surface area (Å²) in [4.78, 5) is 4.40. The van der Waals surface area contributed by atoms with Crippen molar-refractivity contribution in [3.8, 4) is 11.7 Å². The fraction of sp³-hybridized carbons (Fsp3) is 0.571. The van der Waals surface area contributed by atoms with E-state index < -0.39 is 10.0 Å². The lowest BCUT2D eigenvalue weighted by Crippen LogP contribution is -2.21. The molecule has 3 heterocycles. The lowest BCUT2D eigenvalue weighted by atomic mass is 10.1. The molecule has 0 saturated carbocycles. The van der Waals surface area contributed by atoms with Gasteiger partial charge in [0.25, 0.3) is 5.89 Å². The van der Waals surface area contributed by atoms with E-state index in [4.69, 9.17) is 8.94 Å². The van der Waals surface area contributed by atoms with Crippen molar-refractivity contribution in [2.45, 2.75) is 38.3 Å². The molecule has 1 aliphatic rings. The summed E-state index contributed by atoms with van der Waals surface area (Å²) in [5.41, 5.74) is 0. The van der Waals surface area contributed by atoms with Crippen LogP contribution >= 0.6 is 0 Å². The molecule has 8 nitrogen and oxygen atoms in total. The van der Waals surface area contributed by atoms with E-state index in [0.29, 0.717) is 23.2 Å². The molecule has 1 saturated heterocycles. The van der Waals surface area contributed by atoms with Crippen LogP contribution in [0.4, 0.5) is 0 Å². The van der Waals surface area contributed by atoms with Gasteiger partial charge >= 0.3 is 0 Å². The Balaban J connectivity index is 1.69. The molecule has 2 aromatic rings. The van der Waals surface area contributed by atoms with E-state index in [2.05, 4.69) is 20.2 Å². The lowest BCUT2D eigenvalue weighted by molar-refractivity contribution is 0.390. The Morgan fingerprint density at radius 3 is 3.04 bits per heavy atom. The Kier molecular flexibility index (Phi) is 4.79. The van der Waals surface area contributed by atoms with Gasteiger partial charge in [0.05, 0.1) is 18.8 Å². The largest absolute Gasteiger partial charge is 0.455 e. The monoisotopic (exact) mass is 340 g/mol. The number of sulfonamides is 1. The maximum absolute atomic E-state index is 11.1. The average molecular weight is 340 g/mol. The predicted octanol–water partition coefficient (Wildman–Crippen LogP) is 1.58. The van der Waals surface area contributed by atoms with Gasteiger partial charge in [-0.3, -0.25) is 0 Å². The van der Waals surface area contributed by atoms with Crippen LogP contribution in [0.15, 0.2) is 21.1 Å². The number of hydrogen-bond acceptors (Lipinski definition) is 7.